The highest BCUT2D eigenvalue weighted by molar-refractivity contribution is 6.98. The van der Waals surface area contributed by atoms with E-state index in [0.29, 0.717) is 0 Å². The third-order valence-corrected chi connectivity index (χ3v) is 8.42. The van der Waals surface area contributed by atoms with E-state index in [9.17, 15) is 9.59 Å². The predicted molar refractivity (Wildman–Crippen MR) is 99.8 cm³/mol. The summed E-state index contributed by atoms with van der Waals surface area (Å²) in [5.74, 6) is -0.290. The third kappa shape index (κ3) is 3.30. The summed E-state index contributed by atoms with van der Waals surface area (Å²) >= 11 is 0. The van der Waals surface area contributed by atoms with Gasteiger partial charge in [-0.15, -0.1) is 0 Å². The Bertz CT molecular complexity index is 713. The van der Waals surface area contributed by atoms with Crippen LogP contribution in [0.4, 0.5) is 0 Å². The van der Waals surface area contributed by atoms with Crippen LogP contribution in [0, 0.1) is 0 Å². The molecule has 2 amide bonds. The molecule has 2 aromatic carbocycles. The van der Waals surface area contributed by atoms with Crippen molar-refractivity contribution >= 4 is 30.7 Å². The second-order valence-corrected chi connectivity index (χ2v) is 10.3. The van der Waals surface area contributed by atoms with Gasteiger partial charge in [0.1, 0.15) is 0 Å². The molecular weight excluding hydrogens is 330 g/mol. The van der Waals surface area contributed by atoms with Gasteiger partial charge in [-0.1, -0.05) is 60.7 Å². The molecule has 5 heteroatoms. The third-order valence-electron chi connectivity index (χ3n) is 4.15. The summed E-state index contributed by atoms with van der Waals surface area (Å²) in [5, 5.41) is 1.81. The maximum Gasteiger partial charge on any atom is 0.378 e. The molecule has 1 saturated heterocycles. The zero-order chi connectivity index (χ0) is 18.1. The molecule has 0 unspecified atom stereocenters. The largest absolute Gasteiger partial charge is 0.387 e. The number of hydrogen-bond acceptors (Lipinski definition) is 3. The number of benzene rings is 2. The van der Waals surface area contributed by atoms with Crippen molar-refractivity contribution in [3.05, 3.63) is 60.7 Å². The molecule has 0 atom stereocenters. The minimum Gasteiger partial charge on any atom is -0.387 e. The Balaban J connectivity index is 2.31. The van der Waals surface area contributed by atoms with Crippen LogP contribution in [0.1, 0.15) is 33.6 Å². The number of carbonyl (C=O) groups excluding carboxylic acids is 2. The average molecular weight is 353 g/mol. The van der Waals surface area contributed by atoms with E-state index in [1.54, 1.807) is 0 Å². The van der Waals surface area contributed by atoms with Crippen LogP contribution in [0.2, 0.25) is 0 Å². The molecule has 4 nitrogen and oxygen atoms in total. The van der Waals surface area contributed by atoms with Crippen molar-refractivity contribution in [1.29, 1.82) is 0 Å². The molecule has 0 spiro atoms. The van der Waals surface area contributed by atoms with E-state index in [1.807, 2.05) is 81.4 Å². The predicted octanol–water partition coefficient (Wildman–Crippen LogP) is 2.21. The van der Waals surface area contributed by atoms with Gasteiger partial charge in [-0.2, -0.15) is 0 Å². The summed E-state index contributed by atoms with van der Waals surface area (Å²) in [5.41, 5.74) is -0.513. The number of imide groups is 1. The number of carbonyl (C=O) groups is 2. The van der Waals surface area contributed by atoms with Crippen molar-refractivity contribution in [2.75, 3.05) is 0 Å². The smallest absolute Gasteiger partial charge is 0.378 e. The van der Waals surface area contributed by atoms with Crippen molar-refractivity contribution in [2.24, 2.45) is 0 Å². The van der Waals surface area contributed by atoms with Gasteiger partial charge in [0.05, 0.1) is 5.60 Å². The molecule has 0 aromatic heterocycles. The molecular formula is C20H23NO3Si. The van der Waals surface area contributed by atoms with Crippen molar-refractivity contribution in [2.45, 2.75) is 39.2 Å². The summed E-state index contributed by atoms with van der Waals surface area (Å²) < 4.78 is 8.09. The van der Waals surface area contributed by atoms with Crippen LogP contribution >= 0.6 is 0 Å². The maximum absolute atomic E-state index is 12.7. The van der Waals surface area contributed by atoms with Gasteiger partial charge in [0, 0.05) is 12.8 Å². The first-order valence-electron chi connectivity index (χ1n) is 8.52. The lowest BCUT2D eigenvalue weighted by atomic mass is 10.2. The lowest BCUT2D eigenvalue weighted by Gasteiger charge is -2.42. The number of hydrogen-bond donors (Lipinski definition) is 0. The van der Waals surface area contributed by atoms with E-state index in [4.69, 9.17) is 4.43 Å². The molecule has 1 aliphatic rings. The minimum atomic E-state index is -3.24. The average Bonchev–Trinajstić information content (AvgIpc) is 2.93. The van der Waals surface area contributed by atoms with E-state index in [-0.39, 0.29) is 24.7 Å². The molecule has 1 heterocycles. The fourth-order valence-corrected chi connectivity index (χ4v) is 7.56. The monoisotopic (exact) mass is 353 g/mol. The van der Waals surface area contributed by atoms with Crippen LogP contribution in [0.25, 0.3) is 0 Å². The van der Waals surface area contributed by atoms with Crippen LogP contribution in [0.15, 0.2) is 60.7 Å². The van der Waals surface area contributed by atoms with Gasteiger partial charge in [0.15, 0.2) is 0 Å². The van der Waals surface area contributed by atoms with E-state index in [1.165, 1.54) is 4.57 Å². The van der Waals surface area contributed by atoms with Gasteiger partial charge >= 0.3 is 8.48 Å². The van der Waals surface area contributed by atoms with Gasteiger partial charge in [-0.05, 0) is 31.1 Å². The molecule has 0 aliphatic carbocycles. The fraction of sp³-hybridized carbons (Fsp3) is 0.300. The van der Waals surface area contributed by atoms with Gasteiger partial charge in [0.25, 0.3) is 0 Å². The van der Waals surface area contributed by atoms with Crippen molar-refractivity contribution in [1.82, 2.24) is 4.57 Å². The van der Waals surface area contributed by atoms with Crippen molar-refractivity contribution in [3.8, 4) is 0 Å². The zero-order valence-corrected chi connectivity index (χ0v) is 15.9. The minimum absolute atomic E-state index is 0.145. The van der Waals surface area contributed by atoms with Gasteiger partial charge in [0.2, 0.25) is 11.8 Å². The van der Waals surface area contributed by atoms with Crippen LogP contribution in [0.3, 0.4) is 0 Å². The van der Waals surface area contributed by atoms with Crippen molar-refractivity contribution < 1.29 is 14.0 Å². The molecule has 1 fully saturated rings. The number of nitrogens with zero attached hydrogens (tertiary/aromatic N) is 1. The summed E-state index contributed by atoms with van der Waals surface area (Å²) in [6.45, 7) is 5.89. The van der Waals surface area contributed by atoms with E-state index >= 15 is 0 Å². The summed E-state index contributed by atoms with van der Waals surface area (Å²) in [6, 6.07) is 19.4. The Morgan fingerprint density at radius 2 is 1.20 bits per heavy atom. The van der Waals surface area contributed by atoms with Crippen LogP contribution < -0.4 is 10.4 Å². The molecule has 0 radical (unpaired) electrons. The van der Waals surface area contributed by atoms with E-state index < -0.39 is 14.1 Å². The normalized spacial score (nSPS) is 15.7. The standard InChI is InChI=1S/C20H23NO3Si/c1-20(2,3)24-25(16-10-6-4-7-11-16,17-12-8-5-9-13-17)21-18(22)14-15-19(21)23/h4-13H,14-15H2,1-3H3. The van der Waals surface area contributed by atoms with Crippen LogP contribution in [-0.2, 0) is 14.0 Å². The number of rotatable bonds is 4. The molecule has 130 valence electrons. The Morgan fingerprint density at radius 3 is 1.56 bits per heavy atom. The molecule has 0 saturated carbocycles. The molecule has 25 heavy (non-hydrogen) atoms. The molecule has 3 rings (SSSR count). The lowest BCUT2D eigenvalue weighted by Crippen LogP contribution is -2.75. The first-order chi connectivity index (χ1) is 11.8. The quantitative estimate of drug-likeness (QED) is 0.625. The maximum atomic E-state index is 12.7. The Hall–Kier alpha value is -2.24. The molecule has 2 aromatic rings. The highest BCUT2D eigenvalue weighted by Crippen LogP contribution is 2.26. The summed E-state index contributed by atoms with van der Waals surface area (Å²) in [6.07, 6.45) is 0.501. The first-order valence-corrected chi connectivity index (χ1v) is 10.4. The van der Waals surface area contributed by atoms with Gasteiger partial charge in [-0.3, -0.25) is 14.2 Å². The highest BCUT2D eigenvalue weighted by atomic mass is 28.4. The first kappa shape index (κ1) is 17.6. The van der Waals surface area contributed by atoms with Crippen LogP contribution in [-0.4, -0.2) is 30.5 Å². The van der Waals surface area contributed by atoms with Gasteiger partial charge in [-0.25, -0.2) is 0 Å². The van der Waals surface area contributed by atoms with Crippen molar-refractivity contribution in [3.63, 3.8) is 0 Å². The number of amides is 2. The fourth-order valence-electron chi connectivity index (χ4n) is 3.29. The second kappa shape index (κ2) is 6.58. The lowest BCUT2D eigenvalue weighted by molar-refractivity contribution is -0.134. The van der Waals surface area contributed by atoms with E-state index in [2.05, 4.69) is 0 Å². The van der Waals surface area contributed by atoms with Crippen LogP contribution in [0.5, 0.6) is 0 Å². The Morgan fingerprint density at radius 1 is 0.800 bits per heavy atom. The topological polar surface area (TPSA) is 46.6 Å². The highest BCUT2D eigenvalue weighted by Gasteiger charge is 2.55. The SMILES string of the molecule is CC(C)(C)O[Si](c1ccccc1)(c1ccccc1)N1C(=O)CCC1=O. The molecule has 1 aliphatic heterocycles. The Labute approximate surface area is 149 Å². The van der Waals surface area contributed by atoms with Gasteiger partial charge < -0.3 is 4.43 Å². The molecule has 0 bridgehead atoms. The summed E-state index contributed by atoms with van der Waals surface area (Å²) in [7, 11) is -3.24. The second-order valence-electron chi connectivity index (χ2n) is 7.21. The molecule has 0 N–H and O–H groups in total. The van der Waals surface area contributed by atoms with E-state index in [0.717, 1.165) is 10.4 Å². The zero-order valence-electron chi connectivity index (χ0n) is 14.9. The summed E-state index contributed by atoms with van der Waals surface area (Å²) in [4.78, 5) is 25.4. The Kier molecular flexibility index (Phi) is 4.62.